The van der Waals surface area contributed by atoms with Crippen LogP contribution in [0.25, 0.3) is 11.3 Å². The monoisotopic (exact) mass is 260 g/mol. The van der Waals surface area contributed by atoms with Crippen molar-refractivity contribution in [2.24, 2.45) is 0 Å². The van der Waals surface area contributed by atoms with E-state index in [1.165, 1.54) is 17.5 Å². The summed E-state index contributed by atoms with van der Waals surface area (Å²) in [7, 11) is 1.69. The van der Waals surface area contributed by atoms with E-state index < -0.39 is 0 Å². The van der Waals surface area contributed by atoms with E-state index in [1.807, 2.05) is 6.07 Å². The second kappa shape index (κ2) is 6.50. The minimum absolute atomic E-state index is 0.683. The molecule has 0 fully saturated rings. The first-order chi connectivity index (χ1) is 9.24. The van der Waals surface area contributed by atoms with Gasteiger partial charge in [0, 0.05) is 25.8 Å². The molecule has 0 aliphatic carbocycles. The SMILES string of the molecule is COCCNCc1ncoc1-c1cccc(C)c1C. The molecule has 1 heterocycles. The van der Waals surface area contributed by atoms with E-state index in [0.29, 0.717) is 13.2 Å². The number of aromatic nitrogens is 1. The second-order valence-corrected chi connectivity index (χ2v) is 4.55. The largest absolute Gasteiger partial charge is 0.443 e. The van der Waals surface area contributed by atoms with Crippen LogP contribution in [0.3, 0.4) is 0 Å². The number of nitrogens with zero attached hydrogens (tertiary/aromatic N) is 1. The number of methoxy groups -OCH3 is 1. The highest BCUT2D eigenvalue weighted by molar-refractivity contribution is 5.65. The van der Waals surface area contributed by atoms with Gasteiger partial charge in [-0.1, -0.05) is 18.2 Å². The molecule has 0 saturated carbocycles. The quantitative estimate of drug-likeness (QED) is 0.811. The molecular weight excluding hydrogens is 240 g/mol. The lowest BCUT2D eigenvalue weighted by molar-refractivity contribution is 0.199. The molecule has 0 radical (unpaired) electrons. The Balaban J connectivity index is 2.17. The molecule has 4 heteroatoms. The number of ether oxygens (including phenoxy) is 1. The van der Waals surface area contributed by atoms with Crippen molar-refractivity contribution in [3.05, 3.63) is 41.4 Å². The summed E-state index contributed by atoms with van der Waals surface area (Å²) in [6.45, 7) is 6.38. The van der Waals surface area contributed by atoms with Crippen molar-refractivity contribution in [1.29, 1.82) is 0 Å². The topological polar surface area (TPSA) is 47.3 Å². The van der Waals surface area contributed by atoms with Gasteiger partial charge in [-0.05, 0) is 25.0 Å². The molecule has 0 bridgehead atoms. The van der Waals surface area contributed by atoms with Gasteiger partial charge in [0.15, 0.2) is 12.2 Å². The smallest absolute Gasteiger partial charge is 0.181 e. The first-order valence-electron chi connectivity index (χ1n) is 6.42. The van der Waals surface area contributed by atoms with Crippen LogP contribution in [0, 0.1) is 13.8 Å². The maximum atomic E-state index is 5.56. The molecule has 102 valence electrons. The summed E-state index contributed by atoms with van der Waals surface area (Å²) in [5, 5.41) is 3.29. The average molecular weight is 260 g/mol. The van der Waals surface area contributed by atoms with Crippen molar-refractivity contribution in [2.45, 2.75) is 20.4 Å². The zero-order chi connectivity index (χ0) is 13.7. The summed E-state index contributed by atoms with van der Waals surface area (Å²) in [5.74, 6) is 0.853. The lowest BCUT2D eigenvalue weighted by Gasteiger charge is -2.08. The van der Waals surface area contributed by atoms with Gasteiger partial charge in [0.2, 0.25) is 0 Å². The molecule has 2 rings (SSSR count). The van der Waals surface area contributed by atoms with Gasteiger partial charge >= 0.3 is 0 Å². The summed E-state index contributed by atoms with van der Waals surface area (Å²) in [6, 6.07) is 6.22. The van der Waals surface area contributed by atoms with Gasteiger partial charge in [-0.25, -0.2) is 4.98 Å². The van der Waals surface area contributed by atoms with E-state index in [2.05, 4.69) is 36.3 Å². The Labute approximate surface area is 113 Å². The minimum Gasteiger partial charge on any atom is -0.443 e. The maximum Gasteiger partial charge on any atom is 0.181 e. The summed E-state index contributed by atoms with van der Waals surface area (Å²) < 4.78 is 10.6. The molecule has 1 aromatic heterocycles. The number of oxazole rings is 1. The third-order valence-corrected chi connectivity index (χ3v) is 3.27. The van der Waals surface area contributed by atoms with Gasteiger partial charge < -0.3 is 14.5 Å². The van der Waals surface area contributed by atoms with Crippen LogP contribution >= 0.6 is 0 Å². The Hall–Kier alpha value is -1.65. The van der Waals surface area contributed by atoms with E-state index in [4.69, 9.17) is 9.15 Å². The van der Waals surface area contributed by atoms with Crippen LogP contribution < -0.4 is 5.32 Å². The van der Waals surface area contributed by atoms with E-state index in [1.54, 1.807) is 7.11 Å². The molecular formula is C15H20N2O2. The van der Waals surface area contributed by atoms with Crippen LogP contribution in [-0.2, 0) is 11.3 Å². The molecule has 0 aliphatic rings. The number of rotatable bonds is 6. The van der Waals surface area contributed by atoms with Crippen molar-refractivity contribution in [1.82, 2.24) is 10.3 Å². The predicted molar refractivity (Wildman–Crippen MR) is 75.0 cm³/mol. The summed E-state index contributed by atoms with van der Waals surface area (Å²) in [5.41, 5.74) is 4.54. The molecule has 0 unspecified atom stereocenters. The predicted octanol–water partition coefficient (Wildman–Crippen LogP) is 2.69. The first kappa shape index (κ1) is 13.8. The molecule has 1 N–H and O–H groups in total. The molecule has 0 saturated heterocycles. The minimum atomic E-state index is 0.683. The van der Waals surface area contributed by atoms with Gasteiger partial charge in [0.05, 0.1) is 6.61 Å². The zero-order valence-corrected chi connectivity index (χ0v) is 11.7. The summed E-state index contributed by atoms with van der Waals surface area (Å²) in [4.78, 5) is 4.29. The van der Waals surface area contributed by atoms with Crippen LogP contribution in [-0.4, -0.2) is 25.2 Å². The maximum absolute atomic E-state index is 5.56. The number of aryl methyl sites for hydroxylation is 1. The van der Waals surface area contributed by atoms with Crippen molar-refractivity contribution >= 4 is 0 Å². The lowest BCUT2D eigenvalue weighted by atomic mass is 10.0. The van der Waals surface area contributed by atoms with E-state index >= 15 is 0 Å². The van der Waals surface area contributed by atoms with Crippen molar-refractivity contribution in [2.75, 3.05) is 20.3 Å². The number of nitrogens with one attached hydrogen (secondary N) is 1. The van der Waals surface area contributed by atoms with E-state index in [0.717, 1.165) is 23.6 Å². The fourth-order valence-corrected chi connectivity index (χ4v) is 1.99. The molecule has 0 aliphatic heterocycles. The van der Waals surface area contributed by atoms with Gasteiger partial charge in [0.1, 0.15) is 5.69 Å². The molecule has 0 atom stereocenters. The molecule has 2 aromatic rings. The number of benzene rings is 1. The third kappa shape index (κ3) is 3.22. The Morgan fingerprint density at radius 3 is 2.95 bits per heavy atom. The first-order valence-corrected chi connectivity index (χ1v) is 6.42. The standard InChI is InChI=1S/C15H20N2O2/c1-11-5-4-6-13(12(11)2)15-14(17-10-19-15)9-16-7-8-18-3/h4-6,10,16H,7-9H2,1-3H3. The van der Waals surface area contributed by atoms with Crippen LogP contribution in [0.1, 0.15) is 16.8 Å². The van der Waals surface area contributed by atoms with E-state index in [-0.39, 0.29) is 0 Å². The lowest BCUT2D eigenvalue weighted by Crippen LogP contribution is -2.19. The number of hydrogen-bond acceptors (Lipinski definition) is 4. The Morgan fingerprint density at radius 1 is 1.32 bits per heavy atom. The molecule has 4 nitrogen and oxygen atoms in total. The Kier molecular flexibility index (Phi) is 4.71. The molecule has 19 heavy (non-hydrogen) atoms. The van der Waals surface area contributed by atoms with Crippen molar-refractivity contribution < 1.29 is 9.15 Å². The fourth-order valence-electron chi connectivity index (χ4n) is 1.99. The highest BCUT2D eigenvalue weighted by atomic mass is 16.5. The highest BCUT2D eigenvalue weighted by Crippen LogP contribution is 2.27. The summed E-state index contributed by atoms with van der Waals surface area (Å²) in [6.07, 6.45) is 1.50. The average Bonchev–Trinajstić information content (AvgIpc) is 2.86. The Bertz CT molecular complexity index is 535. The summed E-state index contributed by atoms with van der Waals surface area (Å²) >= 11 is 0. The van der Waals surface area contributed by atoms with E-state index in [9.17, 15) is 0 Å². The molecule has 0 amide bonds. The fraction of sp³-hybridized carbons (Fsp3) is 0.400. The van der Waals surface area contributed by atoms with Gasteiger partial charge in [-0.2, -0.15) is 0 Å². The van der Waals surface area contributed by atoms with Gasteiger partial charge in [-0.3, -0.25) is 0 Å². The van der Waals surface area contributed by atoms with Crippen LogP contribution in [0.5, 0.6) is 0 Å². The third-order valence-electron chi connectivity index (χ3n) is 3.27. The molecule has 0 spiro atoms. The second-order valence-electron chi connectivity index (χ2n) is 4.55. The number of hydrogen-bond donors (Lipinski definition) is 1. The van der Waals surface area contributed by atoms with Crippen LogP contribution in [0.2, 0.25) is 0 Å². The van der Waals surface area contributed by atoms with Gasteiger partial charge in [-0.15, -0.1) is 0 Å². The van der Waals surface area contributed by atoms with Crippen molar-refractivity contribution in [3.63, 3.8) is 0 Å². The van der Waals surface area contributed by atoms with Crippen molar-refractivity contribution in [3.8, 4) is 11.3 Å². The molecule has 1 aromatic carbocycles. The Morgan fingerprint density at radius 2 is 2.16 bits per heavy atom. The zero-order valence-electron chi connectivity index (χ0n) is 11.7. The van der Waals surface area contributed by atoms with Crippen LogP contribution in [0.15, 0.2) is 29.0 Å². The van der Waals surface area contributed by atoms with Gasteiger partial charge in [0.25, 0.3) is 0 Å². The highest BCUT2D eigenvalue weighted by Gasteiger charge is 2.13. The van der Waals surface area contributed by atoms with Crippen LogP contribution in [0.4, 0.5) is 0 Å². The normalized spacial score (nSPS) is 10.9.